The number of anilines is 1. The van der Waals surface area contributed by atoms with E-state index in [9.17, 15) is 18.8 Å². The molecule has 1 saturated carbocycles. The molecule has 1 aliphatic heterocycles. The van der Waals surface area contributed by atoms with Crippen LogP contribution in [-0.2, 0) is 16.1 Å². The lowest BCUT2D eigenvalue weighted by molar-refractivity contribution is -0.127. The lowest BCUT2D eigenvalue weighted by atomic mass is 9.86. The van der Waals surface area contributed by atoms with Crippen LogP contribution in [0, 0.1) is 18.7 Å². The van der Waals surface area contributed by atoms with E-state index in [-0.39, 0.29) is 42.2 Å². The maximum atomic E-state index is 14.5. The summed E-state index contributed by atoms with van der Waals surface area (Å²) in [4.78, 5) is 40.9. The fraction of sp³-hybridized carbons (Fsp3) is 0.520. The van der Waals surface area contributed by atoms with Gasteiger partial charge in [-0.3, -0.25) is 19.2 Å². The molecule has 0 bridgehead atoms. The SMILES string of the molecule is CCOC(=O)c1cc2n(n1)CC(C)(C(=O)NC1CCC(C)CC1)N(c1ccc(C)c(F)c1)C2=O. The van der Waals surface area contributed by atoms with Gasteiger partial charge in [0.05, 0.1) is 13.2 Å². The smallest absolute Gasteiger partial charge is 0.358 e. The van der Waals surface area contributed by atoms with E-state index in [0.29, 0.717) is 11.5 Å². The Morgan fingerprint density at radius 2 is 1.94 bits per heavy atom. The first-order valence-corrected chi connectivity index (χ1v) is 11.8. The van der Waals surface area contributed by atoms with Gasteiger partial charge in [-0.1, -0.05) is 13.0 Å². The minimum atomic E-state index is -1.38. The van der Waals surface area contributed by atoms with Crippen LogP contribution in [0.3, 0.4) is 0 Å². The summed E-state index contributed by atoms with van der Waals surface area (Å²) in [6, 6.07) is 5.84. The molecule has 0 saturated heterocycles. The van der Waals surface area contributed by atoms with Gasteiger partial charge in [0.25, 0.3) is 5.91 Å². The van der Waals surface area contributed by atoms with E-state index >= 15 is 0 Å². The van der Waals surface area contributed by atoms with Crippen molar-refractivity contribution in [2.45, 2.75) is 71.5 Å². The molecule has 1 fully saturated rings. The summed E-state index contributed by atoms with van der Waals surface area (Å²) in [5.41, 5.74) is -0.544. The molecule has 2 aromatic rings. The molecule has 182 valence electrons. The Morgan fingerprint density at radius 1 is 1.24 bits per heavy atom. The molecule has 1 aromatic heterocycles. The zero-order chi connectivity index (χ0) is 24.6. The van der Waals surface area contributed by atoms with Crippen LogP contribution in [0.25, 0.3) is 0 Å². The number of hydrogen-bond donors (Lipinski definition) is 1. The third kappa shape index (κ3) is 4.31. The number of aryl methyl sites for hydroxylation is 1. The number of nitrogens with zero attached hydrogens (tertiary/aromatic N) is 3. The van der Waals surface area contributed by atoms with Gasteiger partial charge in [-0.2, -0.15) is 5.10 Å². The number of benzene rings is 1. The van der Waals surface area contributed by atoms with Gasteiger partial charge in [0.15, 0.2) is 5.69 Å². The maximum Gasteiger partial charge on any atom is 0.358 e. The van der Waals surface area contributed by atoms with E-state index in [0.717, 1.165) is 25.7 Å². The number of nitrogens with one attached hydrogen (secondary N) is 1. The van der Waals surface area contributed by atoms with Gasteiger partial charge in [-0.15, -0.1) is 0 Å². The Labute approximate surface area is 198 Å². The zero-order valence-electron chi connectivity index (χ0n) is 20.1. The van der Waals surface area contributed by atoms with Crippen LogP contribution in [0.1, 0.15) is 73.0 Å². The summed E-state index contributed by atoms with van der Waals surface area (Å²) >= 11 is 0. The molecule has 4 rings (SSSR count). The average Bonchev–Trinajstić information content (AvgIpc) is 3.22. The van der Waals surface area contributed by atoms with Crippen molar-refractivity contribution in [3.05, 3.63) is 47.0 Å². The number of esters is 1. The number of ether oxygens (including phenoxy) is 1. The van der Waals surface area contributed by atoms with E-state index in [1.165, 1.54) is 21.7 Å². The normalized spacial score (nSPS) is 24.5. The number of hydrogen-bond acceptors (Lipinski definition) is 5. The zero-order valence-corrected chi connectivity index (χ0v) is 20.1. The third-order valence-corrected chi connectivity index (χ3v) is 6.89. The summed E-state index contributed by atoms with van der Waals surface area (Å²) in [7, 11) is 0. The number of aromatic nitrogens is 2. The van der Waals surface area contributed by atoms with Crippen molar-refractivity contribution in [1.82, 2.24) is 15.1 Å². The molecule has 2 heterocycles. The highest BCUT2D eigenvalue weighted by molar-refractivity contribution is 6.12. The van der Waals surface area contributed by atoms with Gasteiger partial charge in [0.2, 0.25) is 5.91 Å². The number of rotatable bonds is 5. The molecule has 2 aliphatic rings. The van der Waals surface area contributed by atoms with E-state index in [1.807, 2.05) is 0 Å². The summed E-state index contributed by atoms with van der Waals surface area (Å²) in [6.07, 6.45) is 3.80. The highest BCUT2D eigenvalue weighted by atomic mass is 19.1. The van der Waals surface area contributed by atoms with Crippen LogP contribution in [-0.4, -0.2) is 45.8 Å². The Hall–Kier alpha value is -3.23. The summed E-state index contributed by atoms with van der Waals surface area (Å²) in [5.74, 6) is -1.36. The first kappa shape index (κ1) is 23.9. The number of halogens is 1. The topological polar surface area (TPSA) is 93.5 Å². The minimum absolute atomic E-state index is 0.00818. The largest absolute Gasteiger partial charge is 0.461 e. The molecule has 34 heavy (non-hydrogen) atoms. The van der Waals surface area contributed by atoms with Crippen LogP contribution >= 0.6 is 0 Å². The second-order valence-electron chi connectivity index (χ2n) is 9.57. The summed E-state index contributed by atoms with van der Waals surface area (Å²) < 4.78 is 20.9. The molecule has 9 heteroatoms. The summed E-state index contributed by atoms with van der Waals surface area (Å²) in [5, 5.41) is 7.37. The molecule has 8 nitrogen and oxygen atoms in total. The first-order valence-electron chi connectivity index (χ1n) is 11.8. The standard InChI is InChI=1S/C25H31FN4O4/c1-5-34-23(32)20-13-21-22(31)30(18-11-8-16(3)19(26)12-18)25(4,14-29(21)28-20)24(33)27-17-9-6-15(2)7-10-17/h8,11-13,15,17H,5-7,9-10,14H2,1-4H3,(H,27,33). The number of amides is 2. The number of fused-ring (bicyclic) bond motifs is 1. The fourth-order valence-electron chi connectivity index (χ4n) is 4.76. The van der Waals surface area contributed by atoms with Crippen molar-refractivity contribution >= 4 is 23.5 Å². The van der Waals surface area contributed by atoms with Crippen molar-refractivity contribution in [3.63, 3.8) is 0 Å². The molecule has 0 radical (unpaired) electrons. The first-order chi connectivity index (χ1) is 16.1. The molecular formula is C25H31FN4O4. The van der Waals surface area contributed by atoms with Crippen molar-refractivity contribution in [1.29, 1.82) is 0 Å². The number of carbonyl (C=O) groups is 3. The molecule has 1 unspecified atom stereocenters. The molecule has 2 amide bonds. The van der Waals surface area contributed by atoms with Crippen molar-refractivity contribution in [2.75, 3.05) is 11.5 Å². The van der Waals surface area contributed by atoms with Crippen molar-refractivity contribution in [2.24, 2.45) is 5.92 Å². The van der Waals surface area contributed by atoms with Crippen LogP contribution in [0.4, 0.5) is 10.1 Å². The van der Waals surface area contributed by atoms with Crippen LogP contribution in [0.2, 0.25) is 0 Å². The Balaban J connectivity index is 1.73. The monoisotopic (exact) mass is 470 g/mol. The second-order valence-corrected chi connectivity index (χ2v) is 9.57. The highest BCUT2D eigenvalue weighted by Gasteiger charge is 2.49. The molecule has 1 aliphatic carbocycles. The molecule has 1 N–H and O–H groups in total. The van der Waals surface area contributed by atoms with Crippen molar-refractivity contribution < 1.29 is 23.5 Å². The second kappa shape index (κ2) is 9.19. The van der Waals surface area contributed by atoms with Gasteiger partial charge < -0.3 is 10.1 Å². The van der Waals surface area contributed by atoms with E-state index in [4.69, 9.17) is 4.74 Å². The van der Waals surface area contributed by atoms with Gasteiger partial charge in [-0.25, -0.2) is 9.18 Å². The quantitative estimate of drug-likeness (QED) is 0.674. The number of carbonyl (C=O) groups excluding carboxylic acids is 3. The van der Waals surface area contributed by atoms with Crippen molar-refractivity contribution in [3.8, 4) is 0 Å². The van der Waals surface area contributed by atoms with Crippen LogP contribution in [0.15, 0.2) is 24.3 Å². The van der Waals surface area contributed by atoms with Crippen LogP contribution in [0.5, 0.6) is 0 Å². The lowest BCUT2D eigenvalue weighted by Gasteiger charge is -2.44. The Morgan fingerprint density at radius 3 is 2.59 bits per heavy atom. The predicted molar refractivity (Wildman–Crippen MR) is 124 cm³/mol. The Bertz CT molecular complexity index is 1120. The predicted octanol–water partition coefficient (Wildman–Crippen LogP) is 3.62. The molecule has 1 atom stereocenters. The maximum absolute atomic E-state index is 14.5. The van der Waals surface area contributed by atoms with Gasteiger partial charge >= 0.3 is 5.97 Å². The van der Waals surface area contributed by atoms with Gasteiger partial charge in [-0.05, 0) is 70.1 Å². The Kier molecular flexibility index (Phi) is 6.47. The van der Waals surface area contributed by atoms with Gasteiger partial charge in [0, 0.05) is 17.8 Å². The van der Waals surface area contributed by atoms with Crippen LogP contribution < -0.4 is 10.2 Å². The highest BCUT2D eigenvalue weighted by Crippen LogP contribution is 2.34. The molecule has 0 spiro atoms. The molecular weight excluding hydrogens is 439 g/mol. The van der Waals surface area contributed by atoms with E-state index < -0.39 is 23.2 Å². The minimum Gasteiger partial charge on any atom is -0.461 e. The summed E-state index contributed by atoms with van der Waals surface area (Å²) in [6.45, 7) is 7.35. The third-order valence-electron chi connectivity index (χ3n) is 6.89. The molecule has 1 aromatic carbocycles. The van der Waals surface area contributed by atoms with E-state index in [1.54, 1.807) is 32.9 Å². The average molecular weight is 471 g/mol. The van der Waals surface area contributed by atoms with Gasteiger partial charge in [0.1, 0.15) is 17.1 Å². The lowest BCUT2D eigenvalue weighted by Crippen LogP contribution is -2.65. The fourth-order valence-corrected chi connectivity index (χ4v) is 4.76. The van der Waals surface area contributed by atoms with E-state index in [2.05, 4.69) is 17.3 Å².